The highest BCUT2D eigenvalue weighted by molar-refractivity contribution is 6.30. The van der Waals surface area contributed by atoms with Crippen molar-refractivity contribution < 1.29 is 9.53 Å². The fourth-order valence-corrected chi connectivity index (χ4v) is 3.92. The number of nitriles is 1. The Hall–Kier alpha value is -3.34. The first kappa shape index (κ1) is 20.9. The van der Waals surface area contributed by atoms with E-state index in [1.807, 2.05) is 36.5 Å². The number of carbonyl (C=O) groups excluding carboxylic acids is 1. The van der Waals surface area contributed by atoms with Crippen LogP contribution < -0.4 is 9.64 Å². The van der Waals surface area contributed by atoms with Crippen LogP contribution in [0.3, 0.4) is 0 Å². The highest BCUT2D eigenvalue weighted by Gasteiger charge is 2.26. The maximum Gasteiger partial charge on any atom is 0.241 e. The third kappa shape index (κ3) is 4.71. The van der Waals surface area contributed by atoms with Gasteiger partial charge in [-0.2, -0.15) is 5.26 Å². The van der Waals surface area contributed by atoms with Gasteiger partial charge in [0.25, 0.3) is 0 Å². The molecule has 158 valence electrons. The van der Waals surface area contributed by atoms with E-state index in [0.717, 1.165) is 23.6 Å². The number of hydrogen-bond acceptors (Lipinski definition) is 5. The lowest BCUT2D eigenvalue weighted by Gasteiger charge is -2.34. The second kappa shape index (κ2) is 9.21. The fourth-order valence-electron chi connectivity index (χ4n) is 3.73. The van der Waals surface area contributed by atoms with Gasteiger partial charge in [0, 0.05) is 42.7 Å². The number of benzene rings is 2. The topological polar surface area (TPSA) is 74.4 Å². The van der Waals surface area contributed by atoms with Crippen LogP contribution >= 0.6 is 11.6 Å². The van der Waals surface area contributed by atoms with Crippen LogP contribution in [-0.2, 0) is 17.9 Å². The van der Waals surface area contributed by atoms with Gasteiger partial charge in [0.2, 0.25) is 5.91 Å². The second-order valence-corrected chi connectivity index (χ2v) is 7.79. The molecule has 1 fully saturated rings. The standard InChI is InChI=1S/C23H22ClN5O2/c1-31-21-11-17(5-6-18(21)13-25)14-28-8-7-26-22(28)15-27-9-10-29(23(30)16-27)20-4-2-3-19(24)12-20/h2-8,11-12H,9-10,14-16H2,1H3. The highest BCUT2D eigenvalue weighted by atomic mass is 35.5. The zero-order chi connectivity index (χ0) is 21.8. The van der Waals surface area contributed by atoms with Gasteiger partial charge in [-0.1, -0.05) is 23.7 Å². The quantitative estimate of drug-likeness (QED) is 0.593. The summed E-state index contributed by atoms with van der Waals surface area (Å²) >= 11 is 6.07. The number of hydrogen-bond donors (Lipinski definition) is 0. The van der Waals surface area contributed by atoms with Crippen LogP contribution in [-0.4, -0.2) is 47.1 Å². The van der Waals surface area contributed by atoms with E-state index < -0.39 is 0 Å². The minimum absolute atomic E-state index is 0.0449. The number of piperazine rings is 1. The minimum atomic E-state index is 0.0449. The van der Waals surface area contributed by atoms with Crippen molar-refractivity contribution in [3.63, 3.8) is 0 Å². The van der Waals surface area contributed by atoms with Crippen LogP contribution in [0.25, 0.3) is 0 Å². The molecule has 1 amide bonds. The molecule has 7 nitrogen and oxygen atoms in total. The fraction of sp³-hybridized carbons (Fsp3) is 0.261. The second-order valence-electron chi connectivity index (χ2n) is 7.35. The molecule has 0 saturated carbocycles. The molecule has 8 heteroatoms. The minimum Gasteiger partial charge on any atom is -0.495 e. The number of imidazole rings is 1. The van der Waals surface area contributed by atoms with Crippen molar-refractivity contribution in [3.05, 3.63) is 76.8 Å². The van der Waals surface area contributed by atoms with Crippen molar-refractivity contribution in [2.75, 3.05) is 31.6 Å². The molecule has 31 heavy (non-hydrogen) atoms. The van der Waals surface area contributed by atoms with E-state index in [9.17, 15) is 4.79 Å². The Bertz CT molecular complexity index is 1140. The summed E-state index contributed by atoms with van der Waals surface area (Å²) in [7, 11) is 1.56. The lowest BCUT2D eigenvalue weighted by atomic mass is 10.1. The lowest BCUT2D eigenvalue weighted by molar-refractivity contribution is -0.121. The molecule has 0 unspecified atom stereocenters. The van der Waals surface area contributed by atoms with Crippen molar-refractivity contribution in [2.45, 2.75) is 13.1 Å². The van der Waals surface area contributed by atoms with E-state index in [0.29, 0.717) is 42.5 Å². The molecule has 2 heterocycles. The first-order valence-electron chi connectivity index (χ1n) is 9.92. The highest BCUT2D eigenvalue weighted by Crippen LogP contribution is 2.23. The van der Waals surface area contributed by atoms with Crippen molar-refractivity contribution in [1.82, 2.24) is 14.5 Å². The first-order valence-corrected chi connectivity index (χ1v) is 10.3. The zero-order valence-corrected chi connectivity index (χ0v) is 17.9. The van der Waals surface area contributed by atoms with Gasteiger partial charge in [-0.3, -0.25) is 9.69 Å². The maximum absolute atomic E-state index is 12.7. The predicted octanol–water partition coefficient (Wildman–Crippen LogP) is 3.31. The Kier molecular flexibility index (Phi) is 6.21. The van der Waals surface area contributed by atoms with Crippen molar-refractivity contribution in [1.29, 1.82) is 5.26 Å². The van der Waals surface area contributed by atoms with E-state index in [-0.39, 0.29) is 5.91 Å². The average Bonchev–Trinajstić information content (AvgIpc) is 3.20. The van der Waals surface area contributed by atoms with Gasteiger partial charge in [-0.25, -0.2) is 4.98 Å². The Balaban J connectivity index is 1.42. The molecule has 0 N–H and O–H groups in total. The number of ether oxygens (including phenoxy) is 1. The Labute approximate surface area is 186 Å². The normalized spacial score (nSPS) is 14.5. The summed E-state index contributed by atoms with van der Waals surface area (Å²) in [6.45, 7) is 2.86. The number of methoxy groups -OCH3 is 1. The molecule has 0 atom stereocenters. The molecule has 0 aliphatic carbocycles. The summed E-state index contributed by atoms with van der Waals surface area (Å²) in [5, 5.41) is 9.78. The number of halogens is 1. The maximum atomic E-state index is 12.7. The molecule has 2 aromatic carbocycles. The number of aromatic nitrogens is 2. The average molecular weight is 436 g/mol. The molecule has 0 radical (unpaired) electrons. The summed E-state index contributed by atoms with van der Waals surface area (Å²) in [6, 6.07) is 15.0. The molecule has 0 spiro atoms. The molecular weight excluding hydrogens is 414 g/mol. The molecule has 0 bridgehead atoms. The molecule has 1 aliphatic heterocycles. The number of anilines is 1. The van der Waals surface area contributed by atoms with E-state index in [1.165, 1.54) is 0 Å². The Morgan fingerprint density at radius 2 is 2.06 bits per heavy atom. The van der Waals surface area contributed by atoms with Crippen LogP contribution in [0.5, 0.6) is 5.75 Å². The number of rotatable bonds is 6. The zero-order valence-electron chi connectivity index (χ0n) is 17.2. The van der Waals surface area contributed by atoms with E-state index in [1.54, 1.807) is 30.3 Å². The summed E-state index contributed by atoms with van der Waals surface area (Å²) in [4.78, 5) is 21.1. The molecule has 1 aromatic heterocycles. The predicted molar refractivity (Wildman–Crippen MR) is 118 cm³/mol. The number of nitrogens with zero attached hydrogens (tertiary/aromatic N) is 5. The van der Waals surface area contributed by atoms with Crippen molar-refractivity contribution in [3.8, 4) is 11.8 Å². The summed E-state index contributed by atoms with van der Waals surface area (Å²) in [6.07, 6.45) is 3.68. The lowest BCUT2D eigenvalue weighted by Crippen LogP contribution is -2.50. The van der Waals surface area contributed by atoms with Crippen molar-refractivity contribution >= 4 is 23.2 Å². The third-order valence-corrected chi connectivity index (χ3v) is 5.56. The molecule has 1 saturated heterocycles. The summed E-state index contributed by atoms with van der Waals surface area (Å²) in [5.41, 5.74) is 2.35. The van der Waals surface area contributed by atoms with Crippen LogP contribution in [0, 0.1) is 11.3 Å². The smallest absolute Gasteiger partial charge is 0.241 e. The number of amides is 1. The van der Waals surface area contributed by atoms with E-state index >= 15 is 0 Å². The van der Waals surface area contributed by atoms with Crippen molar-refractivity contribution in [2.24, 2.45) is 0 Å². The van der Waals surface area contributed by atoms with Gasteiger partial charge in [-0.15, -0.1) is 0 Å². The van der Waals surface area contributed by atoms with Gasteiger partial charge in [0.1, 0.15) is 17.6 Å². The van der Waals surface area contributed by atoms with Crippen LogP contribution in [0.2, 0.25) is 5.02 Å². The molecular formula is C23H22ClN5O2. The SMILES string of the molecule is COc1cc(Cn2ccnc2CN2CCN(c3cccc(Cl)c3)C(=O)C2)ccc1C#N. The van der Waals surface area contributed by atoms with Gasteiger partial charge in [-0.05, 0) is 35.9 Å². The Morgan fingerprint density at radius 1 is 1.19 bits per heavy atom. The summed E-state index contributed by atoms with van der Waals surface area (Å²) < 4.78 is 7.36. The molecule has 4 rings (SSSR count). The monoisotopic (exact) mass is 435 g/mol. The van der Waals surface area contributed by atoms with E-state index in [4.69, 9.17) is 21.6 Å². The van der Waals surface area contributed by atoms with Gasteiger partial charge < -0.3 is 14.2 Å². The Morgan fingerprint density at radius 3 is 2.81 bits per heavy atom. The molecule has 1 aliphatic rings. The number of carbonyl (C=O) groups is 1. The van der Waals surface area contributed by atoms with Gasteiger partial charge in [0.05, 0.1) is 25.8 Å². The largest absolute Gasteiger partial charge is 0.495 e. The van der Waals surface area contributed by atoms with E-state index in [2.05, 4.69) is 20.5 Å². The third-order valence-electron chi connectivity index (χ3n) is 5.33. The first-order chi connectivity index (χ1) is 15.1. The van der Waals surface area contributed by atoms with Gasteiger partial charge in [0.15, 0.2) is 0 Å². The molecule has 3 aromatic rings. The summed E-state index contributed by atoms with van der Waals surface area (Å²) in [5.74, 6) is 1.49. The van der Waals surface area contributed by atoms with Gasteiger partial charge >= 0.3 is 0 Å². The van der Waals surface area contributed by atoms with Crippen LogP contribution in [0.1, 0.15) is 17.0 Å². The van der Waals surface area contributed by atoms with Crippen LogP contribution in [0.15, 0.2) is 54.9 Å². The van der Waals surface area contributed by atoms with Crippen LogP contribution in [0.4, 0.5) is 5.69 Å².